The maximum atomic E-state index is 7.16. The van der Waals surface area contributed by atoms with E-state index in [-0.39, 0.29) is 0 Å². The van der Waals surface area contributed by atoms with Crippen LogP contribution in [-0.4, -0.2) is 0 Å². The van der Waals surface area contributed by atoms with Gasteiger partial charge in [0.2, 0.25) is 0 Å². The number of benzene rings is 9. The van der Waals surface area contributed by atoms with E-state index in [1.807, 2.05) is 12.1 Å². The summed E-state index contributed by atoms with van der Waals surface area (Å²) >= 11 is 0. The predicted octanol–water partition coefficient (Wildman–Crippen LogP) is 15.8. The Kier molecular flexibility index (Phi) is 8.11. The van der Waals surface area contributed by atoms with Gasteiger partial charge in [-0.15, -0.1) is 0 Å². The number of rotatable bonds is 8. The average molecular weight is 745 g/mol. The Morgan fingerprint density at radius 3 is 0.931 bits per heavy atom. The fourth-order valence-corrected chi connectivity index (χ4v) is 8.38. The molecule has 0 atom stereocenters. The van der Waals surface area contributed by atoms with Crippen molar-refractivity contribution in [3.05, 3.63) is 218 Å². The van der Waals surface area contributed by atoms with Gasteiger partial charge < -0.3 is 18.6 Å². The van der Waals surface area contributed by atoms with E-state index in [0.29, 0.717) is 0 Å². The zero-order valence-corrected chi connectivity index (χ0v) is 31.5. The largest absolute Gasteiger partial charge is 0.454 e. The summed E-state index contributed by atoms with van der Waals surface area (Å²) in [5, 5.41) is 3.95. The highest BCUT2D eigenvalue weighted by atomic mass is 16.3. The van der Waals surface area contributed by atoms with E-state index in [1.54, 1.807) is 0 Å². The normalized spacial score (nSPS) is 11.4. The van der Waals surface area contributed by atoms with Crippen molar-refractivity contribution in [3.63, 3.8) is 0 Å². The molecule has 9 aromatic carbocycles. The van der Waals surface area contributed by atoms with Gasteiger partial charge in [-0.25, -0.2) is 0 Å². The van der Waals surface area contributed by atoms with Crippen LogP contribution in [0.25, 0.3) is 66.1 Å². The quantitative estimate of drug-likeness (QED) is 0.145. The second-order valence-electron chi connectivity index (χ2n) is 14.5. The van der Waals surface area contributed by atoms with E-state index in [2.05, 4.69) is 216 Å². The van der Waals surface area contributed by atoms with Crippen molar-refractivity contribution in [2.24, 2.45) is 0 Å². The van der Waals surface area contributed by atoms with Gasteiger partial charge in [-0.3, -0.25) is 0 Å². The zero-order chi connectivity index (χ0) is 38.4. The molecule has 0 radical (unpaired) electrons. The first-order valence-corrected chi connectivity index (χ1v) is 19.6. The SMILES string of the molecule is c1ccc(-c2ccc(N(c3ccccc3)c3c4oc5ccccc5c4c(N(c4ccccc4)c4ccc(-c5ccccc5)cc4)c4oc5ccccc5c34)cc2)cc1. The Labute approximate surface area is 336 Å². The van der Waals surface area contributed by atoms with Crippen molar-refractivity contribution >= 4 is 78.0 Å². The highest BCUT2D eigenvalue weighted by Gasteiger charge is 2.32. The third kappa shape index (κ3) is 5.62. The van der Waals surface area contributed by atoms with Crippen LogP contribution in [0.3, 0.4) is 0 Å². The Morgan fingerprint density at radius 2 is 0.552 bits per heavy atom. The van der Waals surface area contributed by atoms with Crippen LogP contribution in [0.1, 0.15) is 0 Å². The molecule has 0 fully saturated rings. The smallest absolute Gasteiger partial charge is 0.162 e. The zero-order valence-electron chi connectivity index (χ0n) is 31.5. The summed E-state index contributed by atoms with van der Waals surface area (Å²) in [5.74, 6) is 0. The van der Waals surface area contributed by atoms with Gasteiger partial charge >= 0.3 is 0 Å². The number of nitrogens with zero attached hydrogens (tertiary/aromatic N) is 2. The Hall–Kier alpha value is -7.82. The van der Waals surface area contributed by atoms with Gasteiger partial charge in [0.25, 0.3) is 0 Å². The molecule has 0 N–H and O–H groups in total. The molecule has 0 aliphatic heterocycles. The van der Waals surface area contributed by atoms with Crippen LogP contribution in [-0.2, 0) is 0 Å². The molecule has 0 spiro atoms. The standard InChI is InChI=1S/C54H36N2O2/c1-5-17-37(18-6-1)39-29-33-43(34-30-39)55(41-21-9-3-10-22-41)51-49-45-25-13-15-27-47(45)58-54(49)52(50-46-26-14-16-28-48(46)57-53(50)51)56(42-23-11-4-12-24-42)44-35-31-40(32-36-44)38-19-7-2-8-20-38/h1-36H. The molecular formula is C54H36N2O2. The van der Waals surface area contributed by atoms with Crippen molar-refractivity contribution in [2.45, 2.75) is 0 Å². The second-order valence-corrected chi connectivity index (χ2v) is 14.5. The van der Waals surface area contributed by atoms with Gasteiger partial charge in [0.15, 0.2) is 11.2 Å². The van der Waals surface area contributed by atoms with Crippen LogP contribution in [0.4, 0.5) is 34.1 Å². The van der Waals surface area contributed by atoms with E-state index in [0.717, 1.165) is 89.1 Å². The van der Waals surface area contributed by atoms with E-state index < -0.39 is 0 Å². The highest BCUT2D eigenvalue weighted by molar-refractivity contribution is 6.31. The molecule has 2 aromatic heterocycles. The molecule has 0 aliphatic carbocycles. The molecular weight excluding hydrogens is 709 g/mol. The minimum Gasteiger partial charge on any atom is -0.454 e. The Balaban J connectivity index is 1.25. The minimum atomic E-state index is 0.771. The lowest BCUT2D eigenvalue weighted by molar-refractivity contribution is 0.664. The summed E-state index contributed by atoms with van der Waals surface area (Å²) in [6.45, 7) is 0. The van der Waals surface area contributed by atoms with Gasteiger partial charge in [0.05, 0.1) is 10.8 Å². The van der Waals surface area contributed by atoms with Crippen LogP contribution in [0.2, 0.25) is 0 Å². The summed E-state index contributed by atoms with van der Waals surface area (Å²) in [5.41, 5.74) is 13.6. The van der Waals surface area contributed by atoms with Crippen LogP contribution in [0.5, 0.6) is 0 Å². The number of anilines is 6. The third-order valence-corrected chi connectivity index (χ3v) is 11.0. The van der Waals surface area contributed by atoms with Crippen molar-refractivity contribution in [1.29, 1.82) is 0 Å². The van der Waals surface area contributed by atoms with E-state index >= 15 is 0 Å². The van der Waals surface area contributed by atoms with Crippen LogP contribution >= 0.6 is 0 Å². The lowest BCUT2D eigenvalue weighted by Gasteiger charge is -2.30. The summed E-state index contributed by atoms with van der Waals surface area (Å²) in [4.78, 5) is 4.66. The van der Waals surface area contributed by atoms with Crippen molar-refractivity contribution in [2.75, 3.05) is 9.80 Å². The third-order valence-electron chi connectivity index (χ3n) is 11.0. The molecule has 4 heteroatoms. The number of para-hydroxylation sites is 4. The fraction of sp³-hybridized carbons (Fsp3) is 0. The molecule has 2 heterocycles. The number of hydrogen-bond acceptors (Lipinski definition) is 4. The van der Waals surface area contributed by atoms with Crippen LogP contribution in [0, 0.1) is 0 Å². The van der Waals surface area contributed by atoms with Crippen LogP contribution in [0.15, 0.2) is 227 Å². The molecule has 0 unspecified atom stereocenters. The summed E-state index contributed by atoms with van der Waals surface area (Å²) in [6.07, 6.45) is 0. The van der Waals surface area contributed by atoms with Crippen molar-refractivity contribution < 1.29 is 8.83 Å². The lowest BCUT2D eigenvalue weighted by atomic mass is 9.99. The van der Waals surface area contributed by atoms with Gasteiger partial charge in [-0.05, 0) is 82.9 Å². The summed E-state index contributed by atoms with van der Waals surface area (Å²) in [6, 6.07) is 76.4. The van der Waals surface area contributed by atoms with Crippen LogP contribution < -0.4 is 9.80 Å². The molecule has 0 saturated heterocycles. The van der Waals surface area contributed by atoms with Crippen molar-refractivity contribution in [1.82, 2.24) is 0 Å². The predicted molar refractivity (Wildman–Crippen MR) is 241 cm³/mol. The highest BCUT2D eigenvalue weighted by Crippen LogP contribution is 2.56. The van der Waals surface area contributed by atoms with E-state index in [1.165, 1.54) is 11.1 Å². The van der Waals surface area contributed by atoms with Gasteiger partial charge in [-0.2, -0.15) is 0 Å². The minimum absolute atomic E-state index is 0.771. The monoisotopic (exact) mass is 744 g/mol. The fourth-order valence-electron chi connectivity index (χ4n) is 8.38. The number of furan rings is 2. The molecule has 11 rings (SSSR count). The van der Waals surface area contributed by atoms with Crippen molar-refractivity contribution in [3.8, 4) is 22.3 Å². The van der Waals surface area contributed by atoms with Gasteiger partial charge in [0.1, 0.15) is 22.5 Å². The Morgan fingerprint density at radius 1 is 0.259 bits per heavy atom. The summed E-state index contributed by atoms with van der Waals surface area (Å²) in [7, 11) is 0. The molecule has 58 heavy (non-hydrogen) atoms. The van der Waals surface area contributed by atoms with Gasteiger partial charge in [0, 0.05) is 33.5 Å². The van der Waals surface area contributed by atoms with E-state index in [4.69, 9.17) is 8.83 Å². The number of fused-ring (bicyclic) bond motifs is 6. The maximum Gasteiger partial charge on any atom is 0.162 e. The molecule has 0 amide bonds. The Bertz CT molecular complexity index is 2970. The topological polar surface area (TPSA) is 32.8 Å². The maximum absolute atomic E-state index is 7.16. The molecule has 0 bridgehead atoms. The first-order chi connectivity index (χ1) is 28.8. The second kappa shape index (κ2) is 14.0. The molecule has 11 aromatic rings. The molecule has 274 valence electrons. The first kappa shape index (κ1) is 33.5. The average Bonchev–Trinajstić information content (AvgIpc) is 3.88. The van der Waals surface area contributed by atoms with E-state index in [9.17, 15) is 0 Å². The number of hydrogen-bond donors (Lipinski definition) is 0. The lowest BCUT2D eigenvalue weighted by Crippen LogP contribution is -2.13. The van der Waals surface area contributed by atoms with Gasteiger partial charge in [-0.1, -0.05) is 158 Å². The molecule has 0 aliphatic rings. The molecule has 4 nitrogen and oxygen atoms in total. The first-order valence-electron chi connectivity index (χ1n) is 19.6. The molecule has 0 saturated carbocycles. The summed E-state index contributed by atoms with van der Waals surface area (Å²) < 4.78 is 14.3.